The van der Waals surface area contributed by atoms with Crippen molar-refractivity contribution in [1.29, 1.82) is 0 Å². The largest absolute Gasteiger partial charge is 0.456 e. The molecule has 8 saturated carbocycles. The van der Waals surface area contributed by atoms with E-state index >= 15 is 0 Å². The molecule has 8 rings (SSSR count). The Kier molecular flexibility index (Phi) is 10.6. The van der Waals surface area contributed by atoms with Crippen molar-refractivity contribution in [3.8, 4) is 0 Å². The molecule has 0 aliphatic heterocycles. The zero-order valence-corrected chi connectivity index (χ0v) is 30.4. The molecule has 0 aromatic rings. The van der Waals surface area contributed by atoms with Gasteiger partial charge in [-0.15, -0.1) is 0 Å². The molecule has 0 radical (unpaired) electrons. The van der Waals surface area contributed by atoms with Crippen LogP contribution >= 0.6 is 0 Å². The van der Waals surface area contributed by atoms with Crippen molar-refractivity contribution in [2.45, 2.75) is 136 Å². The van der Waals surface area contributed by atoms with Gasteiger partial charge in [0.2, 0.25) is 0 Å². The highest BCUT2D eigenvalue weighted by molar-refractivity contribution is 5.88. The summed E-state index contributed by atoms with van der Waals surface area (Å²) in [5.74, 6) is 1.76. The summed E-state index contributed by atoms with van der Waals surface area (Å²) < 4.78 is 22.1. The van der Waals surface area contributed by atoms with E-state index in [1.54, 1.807) is 6.92 Å². The van der Waals surface area contributed by atoms with E-state index in [2.05, 4.69) is 47.8 Å². The van der Waals surface area contributed by atoms with Crippen LogP contribution in [0.1, 0.15) is 125 Å². The summed E-state index contributed by atoms with van der Waals surface area (Å²) in [6.07, 6.45) is 16.2. The molecule has 0 aromatic carbocycles. The molecule has 8 nitrogen and oxygen atoms in total. The molecular formula is C40H60O8. The van der Waals surface area contributed by atoms with E-state index in [0.717, 1.165) is 50.0 Å². The molecule has 0 N–H and O–H groups in total. The summed E-state index contributed by atoms with van der Waals surface area (Å²) in [5, 5.41) is 0. The van der Waals surface area contributed by atoms with E-state index in [4.69, 9.17) is 18.9 Å². The molecule has 8 heteroatoms. The topological polar surface area (TPSA) is 105 Å². The third-order valence-corrected chi connectivity index (χ3v) is 13.2. The maximum Gasteiger partial charge on any atom is 0.344 e. The SMILES string of the molecule is C=C(C)C(=O)OCC(=O)OC1(CCCC)C2CC3CC1CC(C)(C3)C2.C=CC(=O)OCC(=O)OC1(C(C)C)C2CC3CC1CC(C)(C3)C2. The van der Waals surface area contributed by atoms with Crippen LogP contribution in [0, 0.1) is 52.3 Å². The van der Waals surface area contributed by atoms with Crippen LogP contribution in [0.4, 0.5) is 0 Å². The van der Waals surface area contributed by atoms with Gasteiger partial charge in [0, 0.05) is 23.5 Å². The monoisotopic (exact) mass is 668 g/mol. The summed E-state index contributed by atoms with van der Waals surface area (Å²) in [7, 11) is 0. The number of rotatable bonds is 12. The van der Waals surface area contributed by atoms with Gasteiger partial charge in [0.25, 0.3) is 0 Å². The molecule has 8 bridgehead atoms. The lowest BCUT2D eigenvalue weighted by atomic mass is 9.43. The van der Waals surface area contributed by atoms with Gasteiger partial charge in [-0.05, 0) is 124 Å². The lowest BCUT2D eigenvalue weighted by Gasteiger charge is -2.65. The van der Waals surface area contributed by atoms with Gasteiger partial charge in [0.05, 0.1) is 0 Å². The second-order valence-electron chi connectivity index (χ2n) is 17.5. The van der Waals surface area contributed by atoms with E-state index in [1.165, 1.54) is 51.4 Å². The zero-order chi connectivity index (χ0) is 35.1. The predicted molar refractivity (Wildman–Crippen MR) is 182 cm³/mol. The molecular weight excluding hydrogens is 608 g/mol. The van der Waals surface area contributed by atoms with Crippen LogP contribution in [-0.4, -0.2) is 48.3 Å². The van der Waals surface area contributed by atoms with Gasteiger partial charge in [0.1, 0.15) is 11.2 Å². The average molecular weight is 669 g/mol. The number of carbonyl (C=O) groups excluding carboxylic acids is 4. The Bertz CT molecular complexity index is 1250. The van der Waals surface area contributed by atoms with Crippen molar-refractivity contribution in [1.82, 2.24) is 0 Å². The molecule has 4 unspecified atom stereocenters. The Morgan fingerprint density at radius 2 is 1.25 bits per heavy atom. The maximum atomic E-state index is 12.5. The van der Waals surface area contributed by atoms with Crippen molar-refractivity contribution in [2.75, 3.05) is 13.2 Å². The third-order valence-electron chi connectivity index (χ3n) is 13.2. The zero-order valence-electron chi connectivity index (χ0n) is 30.4. The number of hydrogen-bond acceptors (Lipinski definition) is 8. The van der Waals surface area contributed by atoms with Gasteiger partial charge < -0.3 is 18.9 Å². The van der Waals surface area contributed by atoms with E-state index in [9.17, 15) is 19.2 Å². The van der Waals surface area contributed by atoms with Crippen molar-refractivity contribution < 1.29 is 38.1 Å². The first kappa shape index (κ1) is 36.6. The maximum absolute atomic E-state index is 12.5. The highest BCUT2D eigenvalue weighted by Crippen LogP contribution is 2.67. The lowest BCUT2D eigenvalue weighted by Crippen LogP contribution is -2.64. The van der Waals surface area contributed by atoms with Gasteiger partial charge in [-0.3, -0.25) is 0 Å². The fraction of sp³-hybridized carbons (Fsp3) is 0.800. The van der Waals surface area contributed by atoms with Crippen LogP contribution in [0.25, 0.3) is 0 Å². The molecule has 0 heterocycles. The molecule has 0 spiro atoms. The number of ether oxygens (including phenoxy) is 4. The molecule has 0 saturated heterocycles. The van der Waals surface area contributed by atoms with Gasteiger partial charge in [0.15, 0.2) is 13.2 Å². The quantitative estimate of drug-likeness (QED) is 0.117. The first-order valence-electron chi connectivity index (χ1n) is 18.6. The van der Waals surface area contributed by atoms with Crippen LogP contribution in [0.2, 0.25) is 0 Å². The second kappa shape index (κ2) is 13.9. The van der Waals surface area contributed by atoms with Gasteiger partial charge in [-0.25, -0.2) is 19.2 Å². The lowest BCUT2D eigenvalue weighted by molar-refractivity contribution is -0.240. The van der Waals surface area contributed by atoms with E-state index in [0.29, 0.717) is 40.1 Å². The summed E-state index contributed by atoms with van der Waals surface area (Å²) in [6, 6.07) is 0. The molecule has 8 aliphatic carbocycles. The fourth-order valence-corrected chi connectivity index (χ4v) is 12.1. The minimum absolute atomic E-state index is 0.278. The highest BCUT2D eigenvalue weighted by atomic mass is 16.6. The van der Waals surface area contributed by atoms with Crippen LogP contribution < -0.4 is 0 Å². The Hall–Kier alpha value is -2.64. The summed E-state index contributed by atoms with van der Waals surface area (Å²) in [6.45, 7) is 19.1. The van der Waals surface area contributed by atoms with Crippen molar-refractivity contribution in [3.63, 3.8) is 0 Å². The van der Waals surface area contributed by atoms with Crippen LogP contribution in [0.3, 0.4) is 0 Å². The highest BCUT2D eigenvalue weighted by Gasteiger charge is 2.64. The number of esters is 4. The second-order valence-corrected chi connectivity index (χ2v) is 17.5. The third kappa shape index (κ3) is 7.14. The standard InChI is InChI=1S/C21H32O4.C19H28O4/c1-5-6-7-21(25-18(22)13-24-19(23)14(2)3)16-8-15-9-17(21)12-20(4,10-15)11-16;1-5-16(20)22-11-17(21)23-19(12(2)3)14-6-13-7-15(19)10-18(4,8-13)9-14/h15-17H,2,5-13H2,1,3-4H3;5,12-15H,1,6-11H2,2-4H3. The minimum Gasteiger partial charge on any atom is -0.456 e. The van der Waals surface area contributed by atoms with E-state index in [1.807, 2.05) is 0 Å². The number of unbranched alkanes of at least 4 members (excludes halogenated alkanes) is 1. The van der Waals surface area contributed by atoms with Crippen LogP contribution in [0.15, 0.2) is 24.8 Å². The molecule has 48 heavy (non-hydrogen) atoms. The molecule has 0 aromatic heterocycles. The summed E-state index contributed by atoms with van der Waals surface area (Å²) in [5.41, 5.74) is 0.450. The Morgan fingerprint density at radius 3 is 1.71 bits per heavy atom. The van der Waals surface area contributed by atoms with Crippen molar-refractivity contribution >= 4 is 23.9 Å². The smallest absolute Gasteiger partial charge is 0.344 e. The normalized spacial score (nSPS) is 39.6. The molecule has 8 fully saturated rings. The Balaban J connectivity index is 0.000000188. The first-order chi connectivity index (χ1) is 22.6. The number of hydrogen-bond donors (Lipinski definition) is 0. The average Bonchev–Trinajstić information content (AvgIpc) is 3.00. The van der Waals surface area contributed by atoms with Gasteiger partial charge in [-0.1, -0.05) is 54.2 Å². The van der Waals surface area contributed by atoms with E-state index < -0.39 is 23.9 Å². The number of carbonyl (C=O) groups is 4. The van der Waals surface area contributed by atoms with Gasteiger partial charge in [-0.2, -0.15) is 0 Å². The van der Waals surface area contributed by atoms with Crippen molar-refractivity contribution in [2.24, 2.45) is 52.3 Å². The Labute approximate surface area is 288 Å². The molecule has 8 aliphatic rings. The van der Waals surface area contributed by atoms with Crippen LogP contribution in [-0.2, 0) is 38.1 Å². The molecule has 4 atom stereocenters. The minimum atomic E-state index is -0.585. The Morgan fingerprint density at radius 1 is 0.771 bits per heavy atom. The molecule has 268 valence electrons. The van der Waals surface area contributed by atoms with Crippen molar-refractivity contribution in [3.05, 3.63) is 24.8 Å². The first-order valence-corrected chi connectivity index (χ1v) is 18.6. The fourth-order valence-electron chi connectivity index (χ4n) is 12.1. The van der Waals surface area contributed by atoms with E-state index in [-0.39, 0.29) is 30.3 Å². The molecule has 0 amide bonds. The summed E-state index contributed by atoms with van der Waals surface area (Å²) in [4.78, 5) is 47.5. The van der Waals surface area contributed by atoms with Gasteiger partial charge >= 0.3 is 23.9 Å². The summed E-state index contributed by atoms with van der Waals surface area (Å²) >= 11 is 0. The van der Waals surface area contributed by atoms with Crippen LogP contribution in [0.5, 0.6) is 0 Å². The predicted octanol–water partition coefficient (Wildman–Crippen LogP) is 7.92.